The average Bonchev–Trinajstić information content (AvgIpc) is 2.49. The van der Waals surface area contributed by atoms with Gasteiger partial charge in [0.05, 0.1) is 5.56 Å². The zero-order valence-corrected chi connectivity index (χ0v) is 10.9. The number of rotatable bonds is 4. The highest BCUT2D eigenvalue weighted by Crippen LogP contribution is 2.34. The molecule has 3 N–H and O–H groups in total. The average molecular weight is 284 g/mol. The number of carbonyl (C=O) groups is 2. The van der Waals surface area contributed by atoms with Crippen LogP contribution in [0.4, 0.5) is 0 Å². The van der Waals surface area contributed by atoms with E-state index in [2.05, 4.69) is 0 Å². The molecule has 0 fully saturated rings. The summed E-state index contributed by atoms with van der Waals surface area (Å²) >= 11 is 0. The highest BCUT2D eigenvalue weighted by Gasteiger charge is 2.17. The summed E-state index contributed by atoms with van der Waals surface area (Å²) in [4.78, 5) is 22.7. The van der Waals surface area contributed by atoms with Crippen LogP contribution in [0.15, 0.2) is 48.5 Å². The highest BCUT2D eigenvalue weighted by molar-refractivity contribution is 6.11. The Morgan fingerprint density at radius 2 is 1.57 bits per heavy atom. The van der Waals surface area contributed by atoms with E-state index in [0.29, 0.717) is 5.56 Å². The van der Waals surface area contributed by atoms with Crippen molar-refractivity contribution in [2.45, 2.75) is 0 Å². The van der Waals surface area contributed by atoms with Crippen LogP contribution in [0.25, 0.3) is 6.08 Å². The topological polar surface area (TPSA) is 94.8 Å². The second-order valence-corrected chi connectivity index (χ2v) is 4.27. The monoisotopic (exact) mass is 284 g/mol. The first kappa shape index (κ1) is 14.3. The minimum atomic E-state index is -1.18. The second kappa shape index (κ2) is 5.92. The van der Waals surface area contributed by atoms with Gasteiger partial charge in [0.1, 0.15) is 0 Å². The number of hydrogen-bond donors (Lipinski definition) is 3. The van der Waals surface area contributed by atoms with E-state index < -0.39 is 23.3 Å². The maximum absolute atomic E-state index is 12.2. The van der Waals surface area contributed by atoms with E-state index in [4.69, 9.17) is 5.11 Å². The van der Waals surface area contributed by atoms with Crippen LogP contribution in [0.5, 0.6) is 11.5 Å². The van der Waals surface area contributed by atoms with Gasteiger partial charge in [0.15, 0.2) is 17.3 Å². The summed E-state index contributed by atoms with van der Waals surface area (Å²) < 4.78 is 0. The fourth-order valence-electron chi connectivity index (χ4n) is 1.82. The Morgan fingerprint density at radius 3 is 2.19 bits per heavy atom. The van der Waals surface area contributed by atoms with E-state index in [9.17, 15) is 19.8 Å². The number of aliphatic carboxylic acids is 1. The van der Waals surface area contributed by atoms with E-state index in [1.54, 1.807) is 30.3 Å². The van der Waals surface area contributed by atoms with Gasteiger partial charge in [0.25, 0.3) is 0 Å². The molecule has 0 unspecified atom stereocenters. The lowest BCUT2D eigenvalue weighted by Crippen LogP contribution is -2.01. The van der Waals surface area contributed by atoms with E-state index in [1.165, 1.54) is 12.1 Å². The van der Waals surface area contributed by atoms with Crippen LogP contribution in [0.3, 0.4) is 0 Å². The lowest BCUT2D eigenvalue weighted by molar-refractivity contribution is -0.131. The molecule has 5 nitrogen and oxygen atoms in total. The van der Waals surface area contributed by atoms with Gasteiger partial charge in [-0.3, -0.25) is 4.79 Å². The number of carboxylic acids is 1. The van der Waals surface area contributed by atoms with E-state index >= 15 is 0 Å². The number of benzene rings is 2. The van der Waals surface area contributed by atoms with Gasteiger partial charge in [0.2, 0.25) is 0 Å². The summed E-state index contributed by atoms with van der Waals surface area (Å²) in [5, 5.41) is 28.3. The molecule has 21 heavy (non-hydrogen) atoms. The molecule has 0 aliphatic carbocycles. The Kier molecular flexibility index (Phi) is 4.04. The van der Waals surface area contributed by atoms with Crippen LogP contribution in [0.2, 0.25) is 0 Å². The molecule has 0 radical (unpaired) electrons. The van der Waals surface area contributed by atoms with E-state index in [-0.39, 0.29) is 11.1 Å². The van der Waals surface area contributed by atoms with Crippen LogP contribution in [0, 0.1) is 0 Å². The van der Waals surface area contributed by atoms with Crippen molar-refractivity contribution in [3.8, 4) is 11.5 Å². The molecule has 0 aliphatic rings. The SMILES string of the molecule is O=C(O)C=Cc1ccc(C(=O)c2ccccc2)c(O)c1O. The van der Waals surface area contributed by atoms with Gasteiger partial charge in [-0.15, -0.1) is 0 Å². The van der Waals surface area contributed by atoms with Crippen molar-refractivity contribution in [1.82, 2.24) is 0 Å². The smallest absolute Gasteiger partial charge is 0.328 e. The van der Waals surface area contributed by atoms with Crippen molar-refractivity contribution < 1.29 is 24.9 Å². The first-order chi connectivity index (χ1) is 10.0. The number of carbonyl (C=O) groups excluding carboxylic acids is 1. The van der Waals surface area contributed by atoms with Crippen LogP contribution in [-0.2, 0) is 4.79 Å². The molecule has 2 rings (SSSR count). The Balaban J connectivity index is 2.42. The lowest BCUT2D eigenvalue weighted by atomic mass is 10.00. The zero-order valence-electron chi connectivity index (χ0n) is 10.9. The summed E-state index contributed by atoms with van der Waals surface area (Å²) in [6.07, 6.45) is 1.96. The fourth-order valence-corrected chi connectivity index (χ4v) is 1.82. The number of phenolic OH excluding ortho intramolecular Hbond substituents is 2. The summed E-state index contributed by atoms with van der Waals surface area (Å²) in [7, 11) is 0. The number of phenols is 2. The van der Waals surface area contributed by atoms with Gasteiger partial charge in [-0.1, -0.05) is 36.4 Å². The molecular formula is C16H12O5. The molecule has 0 atom stereocenters. The minimum Gasteiger partial charge on any atom is -0.504 e. The van der Waals surface area contributed by atoms with Crippen molar-refractivity contribution in [3.63, 3.8) is 0 Å². The number of aromatic hydroxyl groups is 2. The third-order valence-electron chi connectivity index (χ3n) is 2.87. The minimum absolute atomic E-state index is 0.0498. The van der Waals surface area contributed by atoms with Crippen molar-refractivity contribution in [3.05, 3.63) is 65.2 Å². The molecule has 0 aromatic heterocycles. The zero-order chi connectivity index (χ0) is 15.4. The normalized spacial score (nSPS) is 10.7. The molecule has 0 spiro atoms. The van der Waals surface area contributed by atoms with Gasteiger partial charge in [0, 0.05) is 17.2 Å². The highest BCUT2D eigenvalue weighted by atomic mass is 16.4. The molecule has 0 saturated heterocycles. The molecule has 0 heterocycles. The predicted molar refractivity (Wildman–Crippen MR) is 76.3 cm³/mol. The quantitative estimate of drug-likeness (QED) is 0.455. The van der Waals surface area contributed by atoms with Gasteiger partial charge in [-0.2, -0.15) is 0 Å². The van der Waals surface area contributed by atoms with Crippen LogP contribution < -0.4 is 0 Å². The van der Waals surface area contributed by atoms with Crippen LogP contribution in [-0.4, -0.2) is 27.1 Å². The van der Waals surface area contributed by atoms with Crippen molar-refractivity contribution in [2.24, 2.45) is 0 Å². The number of hydrogen-bond acceptors (Lipinski definition) is 4. The number of carboxylic acid groups (broad SMARTS) is 1. The maximum Gasteiger partial charge on any atom is 0.328 e. The second-order valence-electron chi connectivity index (χ2n) is 4.27. The molecule has 2 aromatic carbocycles. The van der Waals surface area contributed by atoms with Gasteiger partial charge in [-0.25, -0.2) is 4.79 Å². The first-order valence-corrected chi connectivity index (χ1v) is 6.06. The molecule has 106 valence electrons. The molecular weight excluding hydrogens is 272 g/mol. The first-order valence-electron chi connectivity index (χ1n) is 6.06. The Hall–Kier alpha value is -3.08. The van der Waals surface area contributed by atoms with Gasteiger partial charge >= 0.3 is 5.97 Å². The third kappa shape index (κ3) is 3.09. The molecule has 0 saturated carbocycles. The standard InChI is InChI=1S/C16H12O5/c17-13(18)9-7-11-6-8-12(16(21)15(11)20)14(19)10-4-2-1-3-5-10/h1-9,20-21H,(H,17,18). The van der Waals surface area contributed by atoms with Crippen LogP contribution >= 0.6 is 0 Å². The van der Waals surface area contributed by atoms with Gasteiger partial charge < -0.3 is 15.3 Å². The summed E-state index contributed by atoms with van der Waals surface area (Å²) in [6.45, 7) is 0. The van der Waals surface area contributed by atoms with Gasteiger partial charge in [-0.05, 0) is 12.1 Å². The van der Waals surface area contributed by atoms with Crippen molar-refractivity contribution in [2.75, 3.05) is 0 Å². The largest absolute Gasteiger partial charge is 0.504 e. The van der Waals surface area contributed by atoms with E-state index in [1.807, 2.05) is 0 Å². The molecule has 2 aromatic rings. The van der Waals surface area contributed by atoms with E-state index in [0.717, 1.165) is 12.2 Å². The Labute approximate surface area is 120 Å². The number of ketones is 1. The Morgan fingerprint density at radius 1 is 0.905 bits per heavy atom. The molecule has 5 heteroatoms. The Bertz CT molecular complexity index is 717. The summed E-state index contributed by atoms with van der Waals surface area (Å²) in [6, 6.07) is 11.0. The van der Waals surface area contributed by atoms with Crippen molar-refractivity contribution >= 4 is 17.8 Å². The predicted octanol–water partition coefficient (Wildman–Crippen LogP) is 2.43. The third-order valence-corrected chi connectivity index (χ3v) is 2.87. The van der Waals surface area contributed by atoms with Crippen molar-refractivity contribution in [1.29, 1.82) is 0 Å². The molecule has 0 bridgehead atoms. The maximum atomic E-state index is 12.2. The fraction of sp³-hybridized carbons (Fsp3) is 0. The van der Waals surface area contributed by atoms with Crippen LogP contribution in [0.1, 0.15) is 21.5 Å². The molecule has 0 amide bonds. The molecule has 0 aliphatic heterocycles. The summed E-state index contributed by atoms with van der Waals surface area (Å²) in [5.41, 5.74) is 0.437. The summed E-state index contributed by atoms with van der Waals surface area (Å²) in [5.74, 6) is -2.72. The lowest BCUT2D eigenvalue weighted by Gasteiger charge is -2.08.